The van der Waals surface area contributed by atoms with Crippen LogP contribution in [-0.2, 0) is 0 Å². The van der Waals surface area contributed by atoms with Gasteiger partial charge in [0.2, 0.25) is 0 Å². The largest absolute Gasteiger partial charge is 0.384 e. The molecule has 0 saturated carbocycles. The molecule has 98 valence electrons. The van der Waals surface area contributed by atoms with Crippen molar-refractivity contribution in [1.29, 1.82) is 0 Å². The normalized spacial score (nSPS) is 11.8. The fourth-order valence-electron chi connectivity index (χ4n) is 1.83. The average molecular weight is 256 g/mol. The van der Waals surface area contributed by atoms with E-state index < -0.39 is 0 Å². The maximum absolute atomic E-state index is 12.1. The Bertz CT molecular complexity index is 556. The molecule has 5 nitrogen and oxygen atoms in total. The van der Waals surface area contributed by atoms with Gasteiger partial charge in [-0.2, -0.15) is 0 Å². The van der Waals surface area contributed by atoms with Crippen LogP contribution in [0.5, 0.6) is 0 Å². The molecule has 2 rings (SSSR count). The molecular formula is C14H16N4O. The van der Waals surface area contributed by atoms with Gasteiger partial charge in [-0.05, 0) is 36.2 Å². The Hall–Kier alpha value is -2.43. The molecule has 0 radical (unpaired) electrons. The molecule has 1 amide bonds. The number of nitrogens with two attached hydrogens (primary N) is 1. The van der Waals surface area contributed by atoms with E-state index in [1.54, 1.807) is 30.6 Å². The van der Waals surface area contributed by atoms with Crippen molar-refractivity contribution in [3.8, 4) is 0 Å². The van der Waals surface area contributed by atoms with Crippen LogP contribution < -0.4 is 11.1 Å². The number of hydrogen-bond acceptors (Lipinski definition) is 4. The molecule has 0 aliphatic heterocycles. The molecule has 0 unspecified atom stereocenters. The van der Waals surface area contributed by atoms with E-state index in [2.05, 4.69) is 15.3 Å². The molecule has 19 heavy (non-hydrogen) atoms. The summed E-state index contributed by atoms with van der Waals surface area (Å²) in [5.41, 5.74) is 6.92. The Morgan fingerprint density at radius 2 is 2.05 bits per heavy atom. The average Bonchev–Trinajstić information content (AvgIpc) is 2.45. The highest BCUT2D eigenvalue weighted by molar-refractivity contribution is 5.92. The summed E-state index contributed by atoms with van der Waals surface area (Å²) in [5, 5.41) is 2.94. The molecule has 0 saturated heterocycles. The number of anilines is 1. The summed E-state index contributed by atoms with van der Waals surface area (Å²) in [5.74, 6) is 0.112. The van der Waals surface area contributed by atoms with Gasteiger partial charge in [0.05, 0.1) is 6.04 Å². The van der Waals surface area contributed by atoms with Crippen LogP contribution >= 0.6 is 0 Å². The molecule has 0 aromatic carbocycles. The number of nitrogen functional groups attached to an aromatic ring is 1. The number of carbonyl (C=O) groups is 1. The van der Waals surface area contributed by atoms with Crippen LogP contribution in [0.4, 0.5) is 5.82 Å². The first-order chi connectivity index (χ1) is 9.20. The number of rotatable bonds is 4. The zero-order valence-electron chi connectivity index (χ0n) is 10.7. The van der Waals surface area contributed by atoms with Gasteiger partial charge in [-0.15, -0.1) is 0 Å². The summed E-state index contributed by atoms with van der Waals surface area (Å²) in [4.78, 5) is 20.1. The maximum atomic E-state index is 12.1. The van der Waals surface area contributed by atoms with Crippen molar-refractivity contribution in [3.05, 3.63) is 54.0 Å². The fraction of sp³-hybridized carbons (Fsp3) is 0.214. The molecule has 5 heteroatoms. The lowest BCUT2D eigenvalue weighted by atomic mass is 10.1. The summed E-state index contributed by atoms with van der Waals surface area (Å²) in [7, 11) is 0. The fourth-order valence-corrected chi connectivity index (χ4v) is 1.83. The number of pyridine rings is 2. The van der Waals surface area contributed by atoms with E-state index in [-0.39, 0.29) is 11.9 Å². The second kappa shape index (κ2) is 5.95. The van der Waals surface area contributed by atoms with Gasteiger partial charge in [-0.1, -0.05) is 13.0 Å². The highest BCUT2D eigenvalue weighted by Gasteiger charge is 2.14. The van der Waals surface area contributed by atoms with Gasteiger partial charge < -0.3 is 11.1 Å². The first-order valence-corrected chi connectivity index (χ1v) is 6.14. The van der Waals surface area contributed by atoms with Crippen molar-refractivity contribution in [2.24, 2.45) is 0 Å². The van der Waals surface area contributed by atoms with Crippen molar-refractivity contribution in [3.63, 3.8) is 0 Å². The third-order valence-corrected chi connectivity index (χ3v) is 2.83. The predicted octanol–water partition coefficient (Wildman–Crippen LogP) is 1.94. The summed E-state index contributed by atoms with van der Waals surface area (Å²) < 4.78 is 0. The quantitative estimate of drug-likeness (QED) is 0.876. The number of nitrogens with one attached hydrogen (secondary N) is 1. The van der Waals surface area contributed by atoms with Gasteiger partial charge in [0.1, 0.15) is 11.5 Å². The van der Waals surface area contributed by atoms with E-state index in [9.17, 15) is 4.79 Å². The van der Waals surface area contributed by atoms with Crippen molar-refractivity contribution < 1.29 is 4.79 Å². The zero-order chi connectivity index (χ0) is 13.7. The minimum atomic E-state index is -0.226. The Balaban J connectivity index is 2.13. The van der Waals surface area contributed by atoms with Crippen molar-refractivity contribution in [2.75, 3.05) is 5.73 Å². The van der Waals surface area contributed by atoms with Crippen molar-refractivity contribution >= 4 is 11.7 Å². The molecule has 0 fully saturated rings. The van der Waals surface area contributed by atoms with Crippen LogP contribution in [0.15, 0.2) is 42.7 Å². The second-order valence-corrected chi connectivity index (χ2v) is 4.16. The SMILES string of the molecule is CC[C@H](NC(=O)c1cccc(N)n1)c1ccncc1. The third kappa shape index (κ3) is 3.28. The van der Waals surface area contributed by atoms with Crippen molar-refractivity contribution in [1.82, 2.24) is 15.3 Å². The van der Waals surface area contributed by atoms with Crippen LogP contribution in [0.25, 0.3) is 0 Å². The van der Waals surface area contributed by atoms with E-state index in [4.69, 9.17) is 5.73 Å². The number of aromatic nitrogens is 2. The molecule has 2 aromatic heterocycles. The van der Waals surface area contributed by atoms with Crippen LogP contribution in [-0.4, -0.2) is 15.9 Å². The lowest BCUT2D eigenvalue weighted by molar-refractivity contribution is 0.0930. The monoisotopic (exact) mass is 256 g/mol. The van der Waals surface area contributed by atoms with Gasteiger partial charge >= 0.3 is 0 Å². The van der Waals surface area contributed by atoms with Crippen molar-refractivity contribution in [2.45, 2.75) is 19.4 Å². The molecule has 3 N–H and O–H groups in total. The lowest BCUT2D eigenvalue weighted by Gasteiger charge is -2.17. The minimum Gasteiger partial charge on any atom is -0.384 e. The van der Waals surface area contributed by atoms with Crippen LogP contribution in [0.3, 0.4) is 0 Å². The van der Waals surface area contributed by atoms with Crippen LogP contribution in [0, 0.1) is 0 Å². The molecule has 0 spiro atoms. The predicted molar refractivity (Wildman–Crippen MR) is 73.4 cm³/mol. The van der Waals surface area contributed by atoms with Gasteiger partial charge in [0.15, 0.2) is 0 Å². The van der Waals surface area contributed by atoms with Gasteiger partial charge in [0.25, 0.3) is 5.91 Å². The number of hydrogen-bond donors (Lipinski definition) is 2. The highest BCUT2D eigenvalue weighted by atomic mass is 16.1. The van der Waals surface area contributed by atoms with Gasteiger partial charge in [0, 0.05) is 12.4 Å². The van der Waals surface area contributed by atoms with Gasteiger partial charge in [-0.3, -0.25) is 9.78 Å². The first-order valence-electron chi connectivity index (χ1n) is 6.14. The van der Waals surface area contributed by atoms with Gasteiger partial charge in [-0.25, -0.2) is 4.98 Å². The molecule has 2 heterocycles. The molecule has 0 bridgehead atoms. The molecule has 2 aromatic rings. The van der Waals surface area contributed by atoms with E-state index in [0.717, 1.165) is 12.0 Å². The number of carbonyl (C=O) groups excluding carboxylic acids is 1. The smallest absolute Gasteiger partial charge is 0.270 e. The number of nitrogens with zero attached hydrogens (tertiary/aromatic N) is 2. The molecule has 0 aliphatic carbocycles. The second-order valence-electron chi connectivity index (χ2n) is 4.16. The van der Waals surface area contributed by atoms with Crippen LogP contribution in [0.1, 0.15) is 35.4 Å². The summed E-state index contributed by atoms with van der Waals surface area (Å²) in [6.45, 7) is 2.01. The van der Waals surface area contributed by atoms with E-state index >= 15 is 0 Å². The highest BCUT2D eigenvalue weighted by Crippen LogP contribution is 2.15. The Morgan fingerprint density at radius 3 is 2.68 bits per heavy atom. The standard InChI is InChI=1S/C14H16N4O/c1-2-11(10-6-8-16-9-7-10)18-14(19)12-4-3-5-13(15)17-12/h3-9,11H,2H2,1H3,(H2,15,17)(H,18,19)/t11-/m0/s1. The summed E-state index contributed by atoms with van der Waals surface area (Å²) in [6, 6.07) is 8.73. The van der Waals surface area contributed by atoms with Crippen LogP contribution in [0.2, 0.25) is 0 Å². The third-order valence-electron chi connectivity index (χ3n) is 2.83. The first kappa shape index (κ1) is 13.0. The molecular weight excluding hydrogens is 240 g/mol. The van der Waals surface area contributed by atoms with E-state index in [0.29, 0.717) is 11.5 Å². The zero-order valence-corrected chi connectivity index (χ0v) is 10.7. The van der Waals surface area contributed by atoms with E-state index in [1.807, 2.05) is 19.1 Å². The maximum Gasteiger partial charge on any atom is 0.270 e. The minimum absolute atomic E-state index is 0.0567. The lowest BCUT2D eigenvalue weighted by Crippen LogP contribution is -2.29. The Labute approximate surface area is 111 Å². The number of amides is 1. The summed E-state index contributed by atoms with van der Waals surface area (Å²) >= 11 is 0. The Morgan fingerprint density at radius 1 is 1.32 bits per heavy atom. The topological polar surface area (TPSA) is 80.9 Å². The Kier molecular flexibility index (Phi) is 4.07. The van der Waals surface area contributed by atoms with E-state index in [1.165, 1.54) is 0 Å². The molecule has 1 atom stereocenters. The molecule has 0 aliphatic rings. The summed E-state index contributed by atoms with van der Waals surface area (Å²) in [6.07, 6.45) is 4.21.